The second kappa shape index (κ2) is 14.0. The van der Waals surface area contributed by atoms with Crippen LogP contribution in [0.4, 0.5) is 5.69 Å². The Kier molecular flexibility index (Phi) is 12.1. The highest BCUT2D eigenvalue weighted by molar-refractivity contribution is 9.10. The summed E-state index contributed by atoms with van der Waals surface area (Å²) < 4.78 is 16.3. The van der Waals surface area contributed by atoms with Crippen LogP contribution in [-0.4, -0.2) is 20.7 Å². The van der Waals surface area contributed by atoms with Crippen molar-refractivity contribution in [2.24, 2.45) is 0 Å². The number of nitrogens with zero attached hydrogens (tertiary/aromatic N) is 1. The summed E-state index contributed by atoms with van der Waals surface area (Å²) >= 11 is 3.44. The summed E-state index contributed by atoms with van der Waals surface area (Å²) in [6.07, 6.45) is 10.3. The van der Waals surface area contributed by atoms with Gasteiger partial charge in [-0.05, 0) is 49.2 Å². The molecule has 0 aliphatic rings. The van der Waals surface area contributed by atoms with Gasteiger partial charge in [0.15, 0.2) is 5.78 Å². The molecule has 1 N–H and O–H groups in total. The van der Waals surface area contributed by atoms with Gasteiger partial charge >= 0.3 is 0 Å². The molecule has 6 heteroatoms. The molecule has 0 radical (unpaired) electrons. The van der Waals surface area contributed by atoms with E-state index in [1.165, 1.54) is 5.57 Å². The molecule has 2 aromatic rings. The fourth-order valence-corrected chi connectivity index (χ4v) is 3.70. The first-order chi connectivity index (χ1) is 14.0. The fraction of sp³-hybridized carbons (Fsp3) is 0.304. The number of nitrogens with one attached hydrogen (secondary N) is 1. The van der Waals surface area contributed by atoms with Crippen LogP contribution >= 0.6 is 15.9 Å². The van der Waals surface area contributed by atoms with E-state index in [1.54, 1.807) is 24.5 Å². The second-order valence-corrected chi connectivity index (χ2v) is 8.02. The highest BCUT2D eigenvalue weighted by Gasteiger charge is 2.12. The lowest BCUT2D eigenvalue weighted by atomic mass is 10.0. The van der Waals surface area contributed by atoms with Gasteiger partial charge in [-0.1, -0.05) is 60.5 Å². The molecule has 1 atom stereocenters. The summed E-state index contributed by atoms with van der Waals surface area (Å²) in [5.74, 6) is 0.385. The molecule has 1 aromatic heterocycles. The fourth-order valence-electron chi connectivity index (χ4n) is 2.49. The van der Waals surface area contributed by atoms with Crippen molar-refractivity contribution in [3.05, 3.63) is 82.1 Å². The Morgan fingerprint density at radius 1 is 1.21 bits per heavy atom. The second-order valence-electron chi connectivity index (χ2n) is 5.87. The van der Waals surface area contributed by atoms with Crippen molar-refractivity contribution >= 4 is 38.4 Å². The first-order valence-corrected chi connectivity index (χ1v) is 11.8. The molecule has 2 rings (SSSR count). The van der Waals surface area contributed by atoms with E-state index in [9.17, 15) is 9.00 Å². The van der Waals surface area contributed by atoms with Crippen molar-refractivity contribution in [2.45, 2.75) is 40.5 Å². The Labute approximate surface area is 185 Å². The summed E-state index contributed by atoms with van der Waals surface area (Å²) in [7, 11) is -1.27. The van der Waals surface area contributed by atoms with Crippen LogP contribution < -0.4 is 4.72 Å². The third-order valence-corrected chi connectivity index (χ3v) is 5.44. The van der Waals surface area contributed by atoms with E-state index in [4.69, 9.17) is 0 Å². The Bertz CT molecular complexity index is 864. The maximum Gasteiger partial charge on any atom is 0.167 e. The Hall–Kier alpha value is -2.05. The van der Waals surface area contributed by atoms with Gasteiger partial charge in [0.05, 0.1) is 5.75 Å². The Balaban J connectivity index is 0.00000204. The molecule has 0 aliphatic heterocycles. The average molecular weight is 477 g/mol. The smallest absolute Gasteiger partial charge is 0.167 e. The van der Waals surface area contributed by atoms with Gasteiger partial charge in [-0.15, -0.1) is 0 Å². The third kappa shape index (κ3) is 8.88. The quantitative estimate of drug-likeness (QED) is 0.341. The van der Waals surface area contributed by atoms with Crippen molar-refractivity contribution in [3.8, 4) is 0 Å². The Morgan fingerprint density at radius 3 is 2.52 bits per heavy atom. The van der Waals surface area contributed by atoms with Gasteiger partial charge in [0.2, 0.25) is 0 Å². The van der Waals surface area contributed by atoms with Crippen molar-refractivity contribution in [1.82, 2.24) is 4.98 Å². The number of hydrogen-bond acceptors (Lipinski definition) is 3. The normalized spacial score (nSPS) is 12.2. The van der Waals surface area contributed by atoms with Crippen LogP contribution in [0.3, 0.4) is 0 Å². The SMILES string of the molecule is C/C=C(\C=C/CS(=O)Nc1ccc(Br)cc1CC(=O)c1ccncc1)CC.CC. The maximum atomic E-state index is 12.5. The highest BCUT2D eigenvalue weighted by Crippen LogP contribution is 2.23. The minimum atomic E-state index is -1.27. The van der Waals surface area contributed by atoms with Gasteiger partial charge in [0, 0.05) is 34.5 Å². The molecule has 156 valence electrons. The largest absolute Gasteiger partial charge is 0.305 e. The first kappa shape index (κ1) is 25.0. The Morgan fingerprint density at radius 2 is 1.90 bits per heavy atom. The number of hydrogen-bond donors (Lipinski definition) is 1. The van der Waals surface area contributed by atoms with Gasteiger partial charge in [0.1, 0.15) is 11.0 Å². The molecule has 0 fully saturated rings. The molecule has 1 heterocycles. The molecule has 4 nitrogen and oxygen atoms in total. The van der Waals surface area contributed by atoms with Crippen LogP contribution in [0.25, 0.3) is 0 Å². The lowest BCUT2D eigenvalue weighted by molar-refractivity contribution is 0.0993. The predicted molar refractivity (Wildman–Crippen MR) is 128 cm³/mol. The average Bonchev–Trinajstić information content (AvgIpc) is 2.75. The van der Waals surface area contributed by atoms with E-state index in [2.05, 4.69) is 32.6 Å². The van der Waals surface area contributed by atoms with E-state index in [0.29, 0.717) is 17.0 Å². The van der Waals surface area contributed by atoms with E-state index in [-0.39, 0.29) is 12.2 Å². The van der Waals surface area contributed by atoms with Crippen LogP contribution in [0.1, 0.15) is 50.0 Å². The molecular formula is C23H29BrN2O2S. The predicted octanol–water partition coefficient (Wildman–Crippen LogP) is 6.28. The monoisotopic (exact) mass is 476 g/mol. The van der Waals surface area contributed by atoms with E-state index in [0.717, 1.165) is 16.5 Å². The molecule has 0 saturated carbocycles. The van der Waals surface area contributed by atoms with Crippen molar-refractivity contribution in [2.75, 3.05) is 10.5 Å². The molecule has 0 amide bonds. The van der Waals surface area contributed by atoms with Crippen molar-refractivity contribution in [1.29, 1.82) is 0 Å². The number of benzene rings is 1. The molecular weight excluding hydrogens is 448 g/mol. The van der Waals surface area contributed by atoms with Crippen molar-refractivity contribution in [3.63, 3.8) is 0 Å². The van der Waals surface area contributed by atoms with Crippen LogP contribution in [0.5, 0.6) is 0 Å². The standard InChI is InChI=1S/C21H23BrN2O2S.C2H6/c1-3-16(4-2)6-5-13-27(26)24-20-8-7-19(22)14-18(20)15-21(25)17-9-11-23-12-10-17;1-2/h3,5-12,14,24H,4,13,15H2,1-2H3;1-2H3/b6-5-,16-3-;. The number of halogens is 1. The number of Topliss-reactive ketones (excluding diaryl/α,β-unsaturated/α-hetero) is 1. The molecule has 0 saturated heterocycles. The first-order valence-electron chi connectivity index (χ1n) is 9.72. The minimum absolute atomic E-state index is 0.00935. The van der Waals surface area contributed by atoms with Crippen LogP contribution in [-0.2, 0) is 17.4 Å². The van der Waals surface area contributed by atoms with Crippen molar-refractivity contribution < 1.29 is 9.00 Å². The zero-order valence-electron chi connectivity index (χ0n) is 17.4. The summed E-state index contributed by atoms with van der Waals surface area (Å²) in [5, 5.41) is 0. The topological polar surface area (TPSA) is 59.1 Å². The number of carbonyl (C=O) groups is 1. The molecule has 1 aromatic carbocycles. The van der Waals surface area contributed by atoms with Crippen LogP contribution in [0.15, 0.2) is 71.0 Å². The maximum absolute atomic E-state index is 12.5. The van der Waals surface area contributed by atoms with E-state index >= 15 is 0 Å². The molecule has 0 aliphatic carbocycles. The molecule has 0 bridgehead atoms. The van der Waals surface area contributed by atoms with Gasteiger partial charge in [0.25, 0.3) is 0 Å². The highest BCUT2D eigenvalue weighted by atomic mass is 79.9. The summed E-state index contributed by atoms with van der Waals surface area (Å²) in [4.78, 5) is 16.4. The zero-order chi connectivity index (χ0) is 21.6. The minimum Gasteiger partial charge on any atom is -0.305 e. The molecule has 29 heavy (non-hydrogen) atoms. The summed E-state index contributed by atoms with van der Waals surface area (Å²) in [5.41, 5.74) is 3.32. The van der Waals surface area contributed by atoms with Gasteiger partial charge in [-0.2, -0.15) is 0 Å². The van der Waals surface area contributed by atoms with Gasteiger partial charge < -0.3 is 4.72 Å². The zero-order valence-corrected chi connectivity index (χ0v) is 19.8. The lowest BCUT2D eigenvalue weighted by Gasteiger charge is -2.11. The van der Waals surface area contributed by atoms with Crippen LogP contribution in [0.2, 0.25) is 0 Å². The number of aromatic nitrogens is 1. The number of rotatable bonds is 9. The number of allylic oxidation sites excluding steroid dienone is 3. The number of anilines is 1. The van der Waals surface area contributed by atoms with Crippen LogP contribution in [0, 0.1) is 0 Å². The number of ketones is 1. The summed E-state index contributed by atoms with van der Waals surface area (Å²) in [6.45, 7) is 8.08. The van der Waals surface area contributed by atoms with Gasteiger partial charge in [-0.3, -0.25) is 9.78 Å². The van der Waals surface area contributed by atoms with E-state index < -0.39 is 11.0 Å². The number of pyridine rings is 1. The molecule has 0 spiro atoms. The van der Waals surface area contributed by atoms with E-state index in [1.807, 2.05) is 57.2 Å². The molecule has 1 unspecified atom stereocenters. The third-order valence-electron chi connectivity index (χ3n) is 4.00. The lowest BCUT2D eigenvalue weighted by Crippen LogP contribution is -2.11. The van der Waals surface area contributed by atoms with Gasteiger partial charge in [-0.25, -0.2) is 4.21 Å². The number of carbonyl (C=O) groups excluding carboxylic acids is 1. The summed E-state index contributed by atoms with van der Waals surface area (Å²) in [6, 6.07) is 8.98.